The van der Waals surface area contributed by atoms with Crippen LogP contribution < -0.4 is 10.1 Å². The minimum atomic E-state index is -1.10. The molecule has 2 rings (SSSR count). The fourth-order valence-electron chi connectivity index (χ4n) is 2.19. The van der Waals surface area contributed by atoms with Gasteiger partial charge in [0.05, 0.1) is 19.3 Å². The third-order valence-corrected chi connectivity index (χ3v) is 3.70. The fraction of sp³-hybridized carbons (Fsp3) is 0.412. The van der Waals surface area contributed by atoms with Crippen molar-refractivity contribution in [3.63, 3.8) is 0 Å². The Hall–Kier alpha value is -1.62. The van der Waals surface area contributed by atoms with Gasteiger partial charge in [-0.25, -0.2) is 0 Å². The van der Waals surface area contributed by atoms with Gasteiger partial charge in [0.1, 0.15) is 5.75 Å². The highest BCUT2D eigenvalue weighted by Crippen LogP contribution is 2.24. The minimum Gasteiger partial charge on any atom is -0.497 e. The minimum absolute atomic E-state index is 0.0922. The third kappa shape index (κ3) is 3.94. The lowest BCUT2D eigenvalue weighted by Crippen LogP contribution is -2.41. The molecule has 0 aromatic heterocycles. The molecule has 0 aliphatic heterocycles. The normalized spacial score (nSPS) is 15.7. The number of ether oxygens (including phenoxy) is 1. The molecule has 0 saturated carbocycles. The second-order valence-corrected chi connectivity index (χ2v) is 5.73. The summed E-state index contributed by atoms with van der Waals surface area (Å²) >= 11 is 0. The highest BCUT2D eigenvalue weighted by Gasteiger charge is 2.19. The van der Waals surface area contributed by atoms with Crippen LogP contribution in [0.2, 0.25) is 0 Å². The van der Waals surface area contributed by atoms with Crippen molar-refractivity contribution in [2.24, 2.45) is 0 Å². The molecule has 0 saturated heterocycles. The maximum atomic E-state index is 9.82. The number of methoxy groups -OCH3 is 1. The van der Waals surface area contributed by atoms with Crippen LogP contribution in [0.1, 0.15) is 25.5 Å². The first-order valence-corrected chi connectivity index (χ1v) is 7.09. The number of nitrogens with one attached hydrogen (secondary N) is 1. The zero-order chi connectivity index (χ0) is 15.5. The maximum absolute atomic E-state index is 9.82. The maximum Gasteiger partial charge on any atom is 0.119 e. The van der Waals surface area contributed by atoms with Gasteiger partial charge in [0.15, 0.2) is 0 Å². The summed E-state index contributed by atoms with van der Waals surface area (Å²) in [6.07, 6.45) is 0. The SMILES string of the molecule is COc1ccc2cc(C(C)NCC(C)(O)CO)ccc2c1. The first-order chi connectivity index (χ1) is 9.95. The van der Waals surface area contributed by atoms with E-state index in [2.05, 4.69) is 23.5 Å². The average molecular weight is 289 g/mol. The second kappa shape index (κ2) is 6.43. The average Bonchev–Trinajstić information content (AvgIpc) is 2.51. The fourth-order valence-corrected chi connectivity index (χ4v) is 2.19. The molecule has 3 N–H and O–H groups in total. The summed E-state index contributed by atoms with van der Waals surface area (Å²) in [5.41, 5.74) is 0.0415. The van der Waals surface area contributed by atoms with Gasteiger partial charge in [0.25, 0.3) is 0 Å². The number of aliphatic hydroxyl groups is 2. The van der Waals surface area contributed by atoms with Crippen LogP contribution in [-0.2, 0) is 0 Å². The summed E-state index contributed by atoms with van der Waals surface area (Å²) in [6, 6.07) is 12.3. The van der Waals surface area contributed by atoms with Gasteiger partial charge < -0.3 is 20.3 Å². The molecular weight excluding hydrogens is 266 g/mol. The van der Waals surface area contributed by atoms with Gasteiger partial charge in [0.2, 0.25) is 0 Å². The zero-order valence-electron chi connectivity index (χ0n) is 12.8. The van der Waals surface area contributed by atoms with Crippen molar-refractivity contribution >= 4 is 10.8 Å². The van der Waals surface area contributed by atoms with Gasteiger partial charge in [0, 0.05) is 12.6 Å². The Bertz CT molecular complexity index is 610. The molecule has 0 bridgehead atoms. The molecule has 0 aliphatic rings. The highest BCUT2D eigenvalue weighted by atomic mass is 16.5. The molecular formula is C17H23NO3. The van der Waals surface area contributed by atoms with Crippen LogP contribution in [0.25, 0.3) is 10.8 Å². The molecule has 2 aromatic rings. The van der Waals surface area contributed by atoms with E-state index in [0.717, 1.165) is 22.1 Å². The predicted octanol–water partition coefficient (Wildman–Crippen LogP) is 2.24. The van der Waals surface area contributed by atoms with E-state index in [1.54, 1.807) is 14.0 Å². The van der Waals surface area contributed by atoms with Crippen molar-refractivity contribution in [3.05, 3.63) is 42.0 Å². The molecule has 0 spiro atoms. The summed E-state index contributed by atoms with van der Waals surface area (Å²) in [4.78, 5) is 0. The lowest BCUT2D eigenvalue weighted by atomic mass is 10.0. The Morgan fingerprint density at radius 3 is 2.52 bits per heavy atom. The first kappa shape index (κ1) is 15.8. The van der Waals surface area contributed by atoms with Crippen LogP contribution in [0, 0.1) is 0 Å². The van der Waals surface area contributed by atoms with Crippen molar-refractivity contribution in [1.29, 1.82) is 0 Å². The van der Waals surface area contributed by atoms with E-state index in [1.807, 2.05) is 25.1 Å². The topological polar surface area (TPSA) is 61.7 Å². The summed E-state index contributed by atoms with van der Waals surface area (Å²) in [5.74, 6) is 0.848. The van der Waals surface area contributed by atoms with E-state index >= 15 is 0 Å². The van der Waals surface area contributed by atoms with E-state index in [0.29, 0.717) is 6.54 Å². The van der Waals surface area contributed by atoms with Crippen LogP contribution in [0.4, 0.5) is 0 Å². The van der Waals surface area contributed by atoms with Crippen molar-refractivity contribution in [2.45, 2.75) is 25.5 Å². The standard InChI is InChI=1S/C17H23NO3/c1-12(18-10-17(2,20)11-19)13-4-5-15-9-16(21-3)7-6-14(15)8-13/h4-9,12,18-20H,10-11H2,1-3H3. The van der Waals surface area contributed by atoms with Crippen LogP contribution in [-0.4, -0.2) is 36.1 Å². The predicted molar refractivity (Wildman–Crippen MR) is 84.6 cm³/mol. The van der Waals surface area contributed by atoms with Crippen molar-refractivity contribution in [2.75, 3.05) is 20.3 Å². The monoisotopic (exact) mass is 289 g/mol. The Labute approximate surface area is 125 Å². The summed E-state index contributed by atoms with van der Waals surface area (Å²) in [6.45, 7) is 3.73. The van der Waals surface area contributed by atoms with Crippen LogP contribution in [0.5, 0.6) is 5.75 Å². The lowest BCUT2D eigenvalue weighted by molar-refractivity contribution is 0.00106. The molecule has 2 aromatic carbocycles. The Morgan fingerprint density at radius 2 is 1.86 bits per heavy atom. The van der Waals surface area contributed by atoms with Crippen molar-refractivity contribution in [3.8, 4) is 5.75 Å². The number of hydrogen-bond acceptors (Lipinski definition) is 4. The molecule has 0 amide bonds. The van der Waals surface area contributed by atoms with Gasteiger partial charge in [-0.2, -0.15) is 0 Å². The molecule has 21 heavy (non-hydrogen) atoms. The number of fused-ring (bicyclic) bond motifs is 1. The van der Waals surface area contributed by atoms with Gasteiger partial charge in [-0.1, -0.05) is 18.2 Å². The van der Waals surface area contributed by atoms with E-state index < -0.39 is 5.60 Å². The number of rotatable bonds is 6. The molecule has 2 unspecified atom stereocenters. The largest absolute Gasteiger partial charge is 0.497 e. The van der Waals surface area contributed by atoms with Gasteiger partial charge >= 0.3 is 0 Å². The second-order valence-electron chi connectivity index (χ2n) is 5.73. The quantitative estimate of drug-likeness (QED) is 0.763. The molecule has 4 heteroatoms. The van der Waals surface area contributed by atoms with Crippen molar-refractivity contribution in [1.82, 2.24) is 5.32 Å². The van der Waals surface area contributed by atoms with E-state index in [-0.39, 0.29) is 12.6 Å². The van der Waals surface area contributed by atoms with Gasteiger partial charge in [-0.05, 0) is 48.4 Å². The number of hydrogen-bond donors (Lipinski definition) is 3. The molecule has 4 nitrogen and oxygen atoms in total. The highest BCUT2D eigenvalue weighted by molar-refractivity contribution is 5.84. The molecule has 0 aliphatic carbocycles. The summed E-state index contributed by atoms with van der Waals surface area (Å²) in [7, 11) is 1.66. The van der Waals surface area contributed by atoms with E-state index in [9.17, 15) is 5.11 Å². The summed E-state index contributed by atoms with van der Waals surface area (Å²) < 4.78 is 5.22. The van der Waals surface area contributed by atoms with E-state index in [1.165, 1.54) is 0 Å². The zero-order valence-corrected chi connectivity index (χ0v) is 12.8. The van der Waals surface area contributed by atoms with Crippen LogP contribution in [0.3, 0.4) is 0 Å². The molecule has 2 atom stereocenters. The van der Waals surface area contributed by atoms with Crippen molar-refractivity contribution < 1.29 is 14.9 Å². The number of benzene rings is 2. The van der Waals surface area contributed by atoms with Gasteiger partial charge in [-0.15, -0.1) is 0 Å². The first-order valence-electron chi connectivity index (χ1n) is 7.09. The Kier molecular flexibility index (Phi) is 4.83. The van der Waals surface area contributed by atoms with E-state index in [4.69, 9.17) is 9.84 Å². The Morgan fingerprint density at radius 1 is 1.19 bits per heavy atom. The third-order valence-electron chi connectivity index (χ3n) is 3.70. The molecule has 114 valence electrons. The molecule has 0 heterocycles. The lowest BCUT2D eigenvalue weighted by Gasteiger charge is -2.24. The Balaban J connectivity index is 2.15. The molecule has 0 fully saturated rings. The number of aliphatic hydroxyl groups excluding tert-OH is 1. The molecule has 0 radical (unpaired) electrons. The smallest absolute Gasteiger partial charge is 0.119 e. The van der Waals surface area contributed by atoms with Crippen LogP contribution in [0.15, 0.2) is 36.4 Å². The van der Waals surface area contributed by atoms with Crippen LogP contribution >= 0.6 is 0 Å². The van der Waals surface area contributed by atoms with Gasteiger partial charge in [-0.3, -0.25) is 0 Å². The summed E-state index contributed by atoms with van der Waals surface area (Å²) in [5, 5.41) is 24.4.